The molecule has 0 saturated heterocycles. The highest BCUT2D eigenvalue weighted by Gasteiger charge is 1.95. The smallest absolute Gasteiger partial charge is 0.115 e. The zero-order valence-electron chi connectivity index (χ0n) is 6.11. The molecular weight excluding hydrogens is 144 g/mol. The van der Waals surface area contributed by atoms with Crippen molar-refractivity contribution in [3.8, 4) is 0 Å². The molecule has 0 atom stereocenters. The molecule has 0 aromatic carbocycles. The highest BCUT2D eigenvalue weighted by Crippen LogP contribution is 2.19. The molecule has 10 heavy (non-hydrogen) atoms. The largest absolute Gasteiger partial charge is 0.244 e. The number of aromatic nitrogens is 2. The minimum Gasteiger partial charge on any atom is -0.244 e. The third kappa shape index (κ3) is 2.35. The predicted octanol–water partition coefficient (Wildman–Crippen LogP) is 1.98. The van der Waals surface area contributed by atoms with Crippen molar-refractivity contribution >= 4 is 11.8 Å². The molecule has 1 heterocycles. The van der Waals surface area contributed by atoms with E-state index >= 15 is 0 Å². The lowest BCUT2D eigenvalue weighted by Gasteiger charge is -2.01. The summed E-state index contributed by atoms with van der Waals surface area (Å²) in [5.74, 6) is 0. The van der Waals surface area contributed by atoms with Crippen LogP contribution in [0.2, 0.25) is 0 Å². The third-order valence-corrected chi connectivity index (χ3v) is 1.86. The molecule has 54 valence electrons. The molecule has 0 aliphatic heterocycles. The van der Waals surface area contributed by atoms with E-state index in [2.05, 4.69) is 23.8 Å². The number of rotatable bonds is 2. The van der Waals surface area contributed by atoms with Crippen molar-refractivity contribution in [2.75, 3.05) is 0 Å². The van der Waals surface area contributed by atoms with Crippen LogP contribution in [0.15, 0.2) is 23.6 Å². The summed E-state index contributed by atoms with van der Waals surface area (Å²) in [7, 11) is 0. The summed E-state index contributed by atoms with van der Waals surface area (Å²) in [6.07, 6.45) is 5.21. The van der Waals surface area contributed by atoms with Crippen LogP contribution in [0, 0.1) is 0 Å². The van der Waals surface area contributed by atoms with Crippen molar-refractivity contribution in [2.45, 2.75) is 24.0 Å². The minimum atomic E-state index is 0.603. The van der Waals surface area contributed by atoms with E-state index in [1.54, 1.807) is 18.1 Å². The molecule has 1 aromatic rings. The van der Waals surface area contributed by atoms with Crippen LogP contribution in [-0.4, -0.2) is 15.2 Å². The molecule has 0 aliphatic carbocycles. The quantitative estimate of drug-likeness (QED) is 0.609. The van der Waals surface area contributed by atoms with Gasteiger partial charge in [-0.25, -0.2) is 9.97 Å². The Hall–Kier alpha value is -0.570. The van der Waals surface area contributed by atoms with Gasteiger partial charge in [0.05, 0.1) is 0 Å². The first-order chi connectivity index (χ1) is 4.79. The summed E-state index contributed by atoms with van der Waals surface area (Å²) in [5, 5.41) is 0.603. The van der Waals surface area contributed by atoms with Crippen LogP contribution < -0.4 is 0 Å². The average Bonchev–Trinajstić information content (AvgIpc) is 1.88. The van der Waals surface area contributed by atoms with Gasteiger partial charge in [0.2, 0.25) is 0 Å². The van der Waals surface area contributed by atoms with Crippen LogP contribution in [0.3, 0.4) is 0 Å². The maximum Gasteiger partial charge on any atom is 0.115 e. The Morgan fingerprint density at radius 1 is 1.30 bits per heavy atom. The average molecular weight is 154 g/mol. The standard InChI is InChI=1S/C7H10N2S/c1-6(2)10-7-3-8-5-9-4-7/h3-6H,1-2H3. The van der Waals surface area contributed by atoms with Crippen molar-refractivity contribution < 1.29 is 0 Å². The Kier molecular flexibility index (Phi) is 2.68. The molecule has 0 fully saturated rings. The first-order valence-electron chi connectivity index (χ1n) is 3.20. The first-order valence-corrected chi connectivity index (χ1v) is 4.08. The van der Waals surface area contributed by atoms with Gasteiger partial charge in [-0.1, -0.05) is 13.8 Å². The van der Waals surface area contributed by atoms with Crippen LogP contribution in [0.1, 0.15) is 13.8 Å². The second-order valence-corrected chi connectivity index (χ2v) is 3.89. The fraction of sp³-hybridized carbons (Fsp3) is 0.429. The molecule has 0 unspecified atom stereocenters. The van der Waals surface area contributed by atoms with E-state index in [1.807, 2.05) is 12.4 Å². The molecule has 1 aromatic heterocycles. The monoisotopic (exact) mass is 154 g/mol. The van der Waals surface area contributed by atoms with Crippen LogP contribution >= 0.6 is 11.8 Å². The van der Waals surface area contributed by atoms with Crippen molar-refractivity contribution in [2.24, 2.45) is 0 Å². The van der Waals surface area contributed by atoms with E-state index in [4.69, 9.17) is 0 Å². The second kappa shape index (κ2) is 3.56. The SMILES string of the molecule is CC(C)Sc1cncnc1. The third-order valence-electron chi connectivity index (χ3n) is 0.909. The molecule has 0 N–H and O–H groups in total. The van der Waals surface area contributed by atoms with Gasteiger partial charge < -0.3 is 0 Å². The lowest BCUT2D eigenvalue weighted by molar-refractivity contribution is 1.07. The molecule has 1 rings (SSSR count). The minimum absolute atomic E-state index is 0.603. The van der Waals surface area contributed by atoms with Gasteiger partial charge in [0.1, 0.15) is 6.33 Å². The highest BCUT2D eigenvalue weighted by atomic mass is 32.2. The van der Waals surface area contributed by atoms with Gasteiger partial charge in [0.25, 0.3) is 0 Å². The fourth-order valence-electron chi connectivity index (χ4n) is 0.618. The highest BCUT2D eigenvalue weighted by molar-refractivity contribution is 7.99. The van der Waals surface area contributed by atoms with E-state index in [9.17, 15) is 0 Å². The summed E-state index contributed by atoms with van der Waals surface area (Å²) < 4.78 is 0. The fourth-order valence-corrected chi connectivity index (χ4v) is 1.41. The lowest BCUT2D eigenvalue weighted by Crippen LogP contribution is -1.86. The van der Waals surface area contributed by atoms with Gasteiger partial charge >= 0.3 is 0 Å². The summed E-state index contributed by atoms with van der Waals surface area (Å²) in [4.78, 5) is 8.95. The number of nitrogens with zero attached hydrogens (tertiary/aromatic N) is 2. The van der Waals surface area contributed by atoms with E-state index < -0.39 is 0 Å². The molecule has 3 heteroatoms. The lowest BCUT2D eigenvalue weighted by atomic mass is 10.6. The van der Waals surface area contributed by atoms with Gasteiger partial charge in [-0.15, -0.1) is 11.8 Å². The maximum absolute atomic E-state index is 3.91. The van der Waals surface area contributed by atoms with E-state index in [1.165, 1.54) is 0 Å². The maximum atomic E-state index is 3.91. The van der Waals surface area contributed by atoms with Gasteiger partial charge in [-0.2, -0.15) is 0 Å². The molecule has 0 saturated carbocycles. The van der Waals surface area contributed by atoms with Gasteiger partial charge in [0, 0.05) is 22.5 Å². The topological polar surface area (TPSA) is 25.8 Å². The second-order valence-electron chi connectivity index (χ2n) is 2.24. The molecule has 0 radical (unpaired) electrons. The Balaban J connectivity index is 2.59. The Bertz CT molecular complexity index is 186. The molecule has 0 bridgehead atoms. The number of hydrogen-bond acceptors (Lipinski definition) is 3. The normalized spacial score (nSPS) is 10.3. The Labute approximate surface area is 65.1 Å². The summed E-state index contributed by atoms with van der Waals surface area (Å²) in [6.45, 7) is 4.30. The molecule has 0 aliphatic rings. The van der Waals surface area contributed by atoms with E-state index in [0.29, 0.717) is 5.25 Å². The van der Waals surface area contributed by atoms with Crippen LogP contribution in [0.25, 0.3) is 0 Å². The molecule has 2 nitrogen and oxygen atoms in total. The Morgan fingerprint density at radius 3 is 2.40 bits per heavy atom. The van der Waals surface area contributed by atoms with Crippen molar-refractivity contribution in [3.63, 3.8) is 0 Å². The zero-order chi connectivity index (χ0) is 7.40. The molecule has 0 amide bonds. The van der Waals surface area contributed by atoms with Gasteiger partial charge in [-0.05, 0) is 0 Å². The Morgan fingerprint density at radius 2 is 1.90 bits per heavy atom. The van der Waals surface area contributed by atoms with Crippen molar-refractivity contribution in [1.82, 2.24) is 9.97 Å². The molecule has 0 spiro atoms. The van der Waals surface area contributed by atoms with Gasteiger partial charge in [-0.3, -0.25) is 0 Å². The van der Waals surface area contributed by atoms with Crippen molar-refractivity contribution in [3.05, 3.63) is 18.7 Å². The first kappa shape index (κ1) is 7.54. The molecular formula is C7H10N2S. The van der Waals surface area contributed by atoms with E-state index in [0.717, 1.165) is 4.90 Å². The van der Waals surface area contributed by atoms with Crippen LogP contribution in [0.4, 0.5) is 0 Å². The number of thioether (sulfide) groups is 1. The summed E-state index contributed by atoms with van der Waals surface area (Å²) >= 11 is 1.77. The number of hydrogen-bond donors (Lipinski definition) is 0. The summed E-state index contributed by atoms with van der Waals surface area (Å²) in [5.41, 5.74) is 0. The van der Waals surface area contributed by atoms with E-state index in [-0.39, 0.29) is 0 Å². The predicted molar refractivity (Wildman–Crippen MR) is 43.0 cm³/mol. The van der Waals surface area contributed by atoms with Crippen LogP contribution in [-0.2, 0) is 0 Å². The van der Waals surface area contributed by atoms with Gasteiger partial charge in [0.15, 0.2) is 0 Å². The van der Waals surface area contributed by atoms with Crippen LogP contribution in [0.5, 0.6) is 0 Å². The zero-order valence-corrected chi connectivity index (χ0v) is 6.93. The van der Waals surface area contributed by atoms with Crippen molar-refractivity contribution in [1.29, 1.82) is 0 Å². The summed E-state index contributed by atoms with van der Waals surface area (Å²) in [6, 6.07) is 0.